The molecule has 0 bridgehead atoms. The lowest BCUT2D eigenvalue weighted by atomic mass is 10.3. The van der Waals surface area contributed by atoms with Crippen molar-refractivity contribution in [2.45, 2.75) is 13.3 Å². The van der Waals surface area contributed by atoms with E-state index in [1.54, 1.807) is 6.92 Å². The molecule has 0 aliphatic rings. The summed E-state index contributed by atoms with van der Waals surface area (Å²) in [6.07, 6.45) is -2.04. The summed E-state index contributed by atoms with van der Waals surface area (Å²) in [4.78, 5) is 23.1. The first-order valence-corrected chi connectivity index (χ1v) is 7.51. The molecule has 0 atom stereocenters. The number of nitrogens with zero attached hydrogens (tertiary/aromatic N) is 2. The molecule has 136 valence electrons. The molecular formula is C16H13F3N4O3. The number of amides is 1. The highest BCUT2D eigenvalue weighted by Crippen LogP contribution is 2.28. The Bertz CT molecular complexity index is 940. The van der Waals surface area contributed by atoms with Crippen LogP contribution >= 0.6 is 0 Å². The molecule has 2 N–H and O–H groups in total. The Balaban J connectivity index is 1.86. The van der Waals surface area contributed by atoms with Gasteiger partial charge in [0.25, 0.3) is 5.91 Å². The smallest absolute Gasteiger partial charge is 0.437 e. The number of ether oxygens (including phenoxy) is 2. The van der Waals surface area contributed by atoms with Crippen LogP contribution in [0, 0.1) is 0 Å². The Hall–Kier alpha value is -3.30. The van der Waals surface area contributed by atoms with Gasteiger partial charge in [-0.2, -0.15) is 0 Å². The predicted molar refractivity (Wildman–Crippen MR) is 85.1 cm³/mol. The fourth-order valence-corrected chi connectivity index (χ4v) is 2.21. The van der Waals surface area contributed by atoms with Gasteiger partial charge in [-0.3, -0.25) is 4.79 Å². The van der Waals surface area contributed by atoms with Crippen LogP contribution in [0.3, 0.4) is 0 Å². The van der Waals surface area contributed by atoms with Crippen molar-refractivity contribution in [2.75, 3.05) is 6.54 Å². The molecule has 2 heterocycles. The van der Waals surface area contributed by atoms with E-state index in [0.29, 0.717) is 12.2 Å². The number of rotatable bonds is 5. The summed E-state index contributed by atoms with van der Waals surface area (Å²) in [5, 5.41) is 2.65. The maximum Gasteiger partial charge on any atom is 0.573 e. The highest BCUT2D eigenvalue weighted by atomic mass is 19.4. The summed E-state index contributed by atoms with van der Waals surface area (Å²) in [7, 11) is 0. The van der Waals surface area contributed by atoms with Gasteiger partial charge in [0.15, 0.2) is 5.65 Å². The normalized spacial score (nSPS) is 11.4. The van der Waals surface area contributed by atoms with E-state index in [2.05, 4.69) is 25.0 Å². The van der Waals surface area contributed by atoms with Crippen molar-refractivity contribution < 1.29 is 27.4 Å². The fourth-order valence-electron chi connectivity index (χ4n) is 2.21. The number of carbonyl (C=O) groups is 1. The molecular weight excluding hydrogens is 353 g/mol. The first kappa shape index (κ1) is 17.5. The van der Waals surface area contributed by atoms with Crippen LogP contribution in [0.15, 0.2) is 36.7 Å². The molecule has 0 saturated heterocycles. The second-order valence-corrected chi connectivity index (χ2v) is 5.09. The van der Waals surface area contributed by atoms with Crippen LogP contribution in [0.2, 0.25) is 0 Å². The minimum atomic E-state index is -4.80. The molecule has 3 aromatic rings. The first-order valence-electron chi connectivity index (χ1n) is 7.51. The highest BCUT2D eigenvalue weighted by Gasteiger charge is 2.31. The van der Waals surface area contributed by atoms with Crippen molar-refractivity contribution >= 4 is 17.1 Å². The van der Waals surface area contributed by atoms with Crippen LogP contribution in [-0.4, -0.2) is 33.8 Å². The topological polar surface area (TPSA) is 89.1 Å². The molecule has 0 saturated carbocycles. The minimum absolute atomic E-state index is 0.0202. The molecule has 0 aliphatic heterocycles. The van der Waals surface area contributed by atoms with E-state index in [-0.39, 0.29) is 28.6 Å². The van der Waals surface area contributed by atoms with Gasteiger partial charge in [0.1, 0.15) is 17.0 Å². The zero-order valence-electron chi connectivity index (χ0n) is 13.4. The standard InChI is InChI=1S/C16H13F3N4O3/c1-2-20-15(24)11-7-21-14-13(11)23-12(8-22-14)25-9-4-3-5-10(6-9)26-16(17,18)19/h3-8H,2H2,1H3,(H,20,24)(H,21,22). The number of aromatic amines is 1. The van der Waals surface area contributed by atoms with E-state index in [4.69, 9.17) is 4.74 Å². The first-order chi connectivity index (χ1) is 12.4. The van der Waals surface area contributed by atoms with E-state index in [1.165, 1.54) is 24.5 Å². The molecule has 7 nitrogen and oxygen atoms in total. The van der Waals surface area contributed by atoms with E-state index < -0.39 is 12.1 Å². The number of aromatic nitrogens is 3. The zero-order chi connectivity index (χ0) is 18.7. The van der Waals surface area contributed by atoms with E-state index >= 15 is 0 Å². The maximum atomic E-state index is 12.3. The van der Waals surface area contributed by atoms with Gasteiger partial charge in [-0.25, -0.2) is 9.97 Å². The summed E-state index contributed by atoms with van der Waals surface area (Å²) in [5.41, 5.74) is 0.956. The van der Waals surface area contributed by atoms with Crippen LogP contribution in [0.25, 0.3) is 11.2 Å². The summed E-state index contributed by atoms with van der Waals surface area (Å²) in [6, 6.07) is 5.01. The molecule has 1 amide bonds. The predicted octanol–water partition coefficient (Wildman–Crippen LogP) is 3.40. The number of carbonyl (C=O) groups excluding carboxylic acids is 1. The summed E-state index contributed by atoms with van der Waals surface area (Å²) in [5.74, 6) is -0.651. The van der Waals surface area contributed by atoms with Crippen molar-refractivity contribution in [1.29, 1.82) is 0 Å². The van der Waals surface area contributed by atoms with Crippen molar-refractivity contribution in [3.8, 4) is 17.4 Å². The second-order valence-electron chi connectivity index (χ2n) is 5.09. The molecule has 1 aromatic carbocycles. The number of hydrogen-bond acceptors (Lipinski definition) is 5. The van der Waals surface area contributed by atoms with Crippen LogP contribution in [0.1, 0.15) is 17.3 Å². The largest absolute Gasteiger partial charge is 0.573 e. The molecule has 0 unspecified atom stereocenters. The number of benzene rings is 1. The van der Waals surface area contributed by atoms with E-state index in [9.17, 15) is 18.0 Å². The van der Waals surface area contributed by atoms with E-state index in [1.807, 2.05) is 0 Å². The lowest BCUT2D eigenvalue weighted by molar-refractivity contribution is -0.274. The molecule has 0 spiro atoms. The van der Waals surface area contributed by atoms with Crippen LogP contribution in [-0.2, 0) is 0 Å². The van der Waals surface area contributed by atoms with Gasteiger partial charge < -0.3 is 19.8 Å². The third kappa shape index (κ3) is 4.02. The van der Waals surface area contributed by atoms with Crippen molar-refractivity contribution in [3.63, 3.8) is 0 Å². The number of halogens is 3. The van der Waals surface area contributed by atoms with Crippen molar-refractivity contribution in [1.82, 2.24) is 20.3 Å². The van der Waals surface area contributed by atoms with Gasteiger partial charge in [0.2, 0.25) is 5.88 Å². The third-order valence-electron chi connectivity index (χ3n) is 3.20. The van der Waals surface area contributed by atoms with Crippen LogP contribution < -0.4 is 14.8 Å². The third-order valence-corrected chi connectivity index (χ3v) is 3.20. The maximum absolute atomic E-state index is 12.3. The molecule has 0 aliphatic carbocycles. The van der Waals surface area contributed by atoms with Crippen molar-refractivity contribution in [2.24, 2.45) is 0 Å². The van der Waals surface area contributed by atoms with Gasteiger partial charge in [-0.15, -0.1) is 13.2 Å². The average molecular weight is 366 g/mol. The van der Waals surface area contributed by atoms with Gasteiger partial charge >= 0.3 is 6.36 Å². The number of fused-ring (bicyclic) bond motifs is 1. The Labute approximate surface area is 145 Å². The summed E-state index contributed by atoms with van der Waals surface area (Å²) < 4.78 is 46.2. The fraction of sp³-hybridized carbons (Fsp3) is 0.188. The Morgan fingerprint density at radius 2 is 2.08 bits per heavy atom. The van der Waals surface area contributed by atoms with Gasteiger partial charge in [-0.1, -0.05) is 6.07 Å². The number of hydrogen-bond donors (Lipinski definition) is 2. The summed E-state index contributed by atoms with van der Waals surface area (Å²) >= 11 is 0. The SMILES string of the molecule is CCNC(=O)c1c[nH]c2ncc(Oc3cccc(OC(F)(F)F)c3)nc12. The number of nitrogens with one attached hydrogen (secondary N) is 2. The van der Waals surface area contributed by atoms with Gasteiger partial charge in [0.05, 0.1) is 11.8 Å². The number of H-pyrrole nitrogens is 1. The second kappa shape index (κ2) is 6.90. The minimum Gasteiger partial charge on any atom is -0.437 e. The average Bonchev–Trinajstić information content (AvgIpc) is 2.97. The summed E-state index contributed by atoms with van der Waals surface area (Å²) in [6.45, 7) is 2.23. The lowest BCUT2D eigenvalue weighted by Gasteiger charge is -2.10. The Kier molecular flexibility index (Phi) is 4.65. The highest BCUT2D eigenvalue weighted by molar-refractivity contribution is 6.04. The monoisotopic (exact) mass is 366 g/mol. The van der Waals surface area contributed by atoms with Gasteiger partial charge in [-0.05, 0) is 19.1 Å². The van der Waals surface area contributed by atoms with Gasteiger partial charge in [0, 0.05) is 18.8 Å². The quantitative estimate of drug-likeness (QED) is 0.722. The van der Waals surface area contributed by atoms with Crippen LogP contribution in [0.5, 0.6) is 17.4 Å². The molecule has 0 radical (unpaired) electrons. The van der Waals surface area contributed by atoms with E-state index in [0.717, 1.165) is 12.1 Å². The lowest BCUT2D eigenvalue weighted by Crippen LogP contribution is -2.22. The van der Waals surface area contributed by atoms with Crippen molar-refractivity contribution in [3.05, 3.63) is 42.2 Å². The molecule has 3 rings (SSSR count). The van der Waals surface area contributed by atoms with Crippen LogP contribution in [0.4, 0.5) is 13.2 Å². The Morgan fingerprint density at radius 3 is 2.81 bits per heavy atom. The number of alkyl halides is 3. The molecule has 10 heteroatoms. The zero-order valence-corrected chi connectivity index (χ0v) is 13.4. The Morgan fingerprint density at radius 1 is 1.31 bits per heavy atom. The molecule has 26 heavy (non-hydrogen) atoms. The molecule has 0 fully saturated rings. The molecule has 2 aromatic heterocycles.